The Morgan fingerprint density at radius 1 is 1.18 bits per heavy atom. The highest BCUT2D eigenvalue weighted by atomic mass is 35.5. The number of carbonyl (C=O) groups excluding carboxylic acids is 1. The van der Waals surface area contributed by atoms with Crippen LogP contribution in [-0.2, 0) is 4.79 Å². The predicted octanol–water partition coefficient (Wildman–Crippen LogP) is 4.63. The molecule has 2 aromatic carbocycles. The zero-order valence-electron chi connectivity index (χ0n) is 11.9. The van der Waals surface area contributed by atoms with Crippen LogP contribution < -0.4 is 5.32 Å². The summed E-state index contributed by atoms with van der Waals surface area (Å²) in [6, 6.07) is 12.8. The standard InChI is InChI=1S/C17H14ClFN2O/c1-11(17(22)20-15-5-3-14(19)4-6-15)21-9-8-12-10-13(18)2-7-16(12)21/h2-11H,1H3,(H,20,22). The maximum atomic E-state index is 12.9. The first-order valence-electron chi connectivity index (χ1n) is 6.87. The molecule has 0 saturated heterocycles. The molecule has 1 heterocycles. The molecule has 1 atom stereocenters. The van der Waals surface area contributed by atoms with Crippen molar-refractivity contribution in [3.8, 4) is 0 Å². The lowest BCUT2D eigenvalue weighted by Crippen LogP contribution is -2.23. The molecule has 3 nitrogen and oxygen atoms in total. The summed E-state index contributed by atoms with van der Waals surface area (Å²) < 4.78 is 14.8. The number of fused-ring (bicyclic) bond motifs is 1. The second-order valence-electron chi connectivity index (χ2n) is 5.10. The summed E-state index contributed by atoms with van der Waals surface area (Å²) in [5.74, 6) is -0.501. The molecular formula is C17H14ClFN2O. The number of amides is 1. The average molecular weight is 317 g/mol. The van der Waals surface area contributed by atoms with Crippen LogP contribution >= 0.6 is 11.6 Å². The number of nitrogens with one attached hydrogen (secondary N) is 1. The van der Waals surface area contributed by atoms with E-state index < -0.39 is 6.04 Å². The molecule has 0 saturated carbocycles. The van der Waals surface area contributed by atoms with E-state index in [-0.39, 0.29) is 11.7 Å². The number of carbonyl (C=O) groups is 1. The third-order valence-electron chi connectivity index (χ3n) is 3.59. The van der Waals surface area contributed by atoms with Gasteiger partial charge in [-0.25, -0.2) is 4.39 Å². The normalized spacial score (nSPS) is 12.3. The monoisotopic (exact) mass is 316 g/mol. The topological polar surface area (TPSA) is 34.0 Å². The zero-order chi connectivity index (χ0) is 15.7. The van der Waals surface area contributed by atoms with Gasteiger partial charge in [0.15, 0.2) is 0 Å². The van der Waals surface area contributed by atoms with Crippen molar-refractivity contribution in [2.24, 2.45) is 0 Å². The number of benzene rings is 2. The number of halogens is 2. The lowest BCUT2D eigenvalue weighted by Gasteiger charge is -2.15. The van der Waals surface area contributed by atoms with Crippen LogP contribution in [0.5, 0.6) is 0 Å². The van der Waals surface area contributed by atoms with Gasteiger partial charge in [0.05, 0.1) is 0 Å². The molecule has 0 aliphatic carbocycles. The highest BCUT2D eigenvalue weighted by Gasteiger charge is 2.16. The quantitative estimate of drug-likeness (QED) is 0.751. The van der Waals surface area contributed by atoms with E-state index >= 15 is 0 Å². The lowest BCUT2D eigenvalue weighted by molar-refractivity contribution is -0.118. The highest BCUT2D eigenvalue weighted by molar-refractivity contribution is 6.31. The van der Waals surface area contributed by atoms with Crippen LogP contribution in [0.2, 0.25) is 5.02 Å². The lowest BCUT2D eigenvalue weighted by atomic mass is 10.2. The molecule has 1 N–H and O–H groups in total. The van der Waals surface area contributed by atoms with E-state index in [4.69, 9.17) is 11.6 Å². The second kappa shape index (κ2) is 5.81. The molecule has 0 aliphatic rings. The van der Waals surface area contributed by atoms with Crippen molar-refractivity contribution in [1.29, 1.82) is 0 Å². The Balaban J connectivity index is 1.84. The van der Waals surface area contributed by atoms with Gasteiger partial charge in [-0.15, -0.1) is 0 Å². The van der Waals surface area contributed by atoms with Crippen LogP contribution in [0.25, 0.3) is 10.9 Å². The molecular weight excluding hydrogens is 303 g/mol. The Morgan fingerprint density at radius 3 is 2.64 bits per heavy atom. The minimum absolute atomic E-state index is 0.168. The number of anilines is 1. The molecule has 0 radical (unpaired) electrons. The fourth-order valence-corrected chi connectivity index (χ4v) is 2.56. The van der Waals surface area contributed by atoms with Gasteiger partial charge in [0.25, 0.3) is 0 Å². The number of hydrogen-bond donors (Lipinski definition) is 1. The Kier molecular flexibility index (Phi) is 3.86. The third-order valence-corrected chi connectivity index (χ3v) is 3.83. The van der Waals surface area contributed by atoms with Crippen molar-refractivity contribution in [2.75, 3.05) is 5.32 Å². The van der Waals surface area contributed by atoms with Crippen LogP contribution in [0.3, 0.4) is 0 Å². The van der Waals surface area contributed by atoms with Crippen LogP contribution in [0.1, 0.15) is 13.0 Å². The number of nitrogens with zero attached hydrogens (tertiary/aromatic N) is 1. The van der Waals surface area contributed by atoms with Crippen molar-refractivity contribution in [3.05, 3.63) is 65.6 Å². The van der Waals surface area contributed by atoms with Crippen LogP contribution in [-0.4, -0.2) is 10.5 Å². The first kappa shape index (κ1) is 14.6. The van der Waals surface area contributed by atoms with E-state index in [1.807, 2.05) is 35.9 Å². The van der Waals surface area contributed by atoms with Gasteiger partial charge in [0.2, 0.25) is 5.91 Å². The minimum atomic E-state index is -0.399. The smallest absolute Gasteiger partial charge is 0.247 e. The average Bonchev–Trinajstić information content (AvgIpc) is 2.91. The molecule has 0 bridgehead atoms. The molecule has 22 heavy (non-hydrogen) atoms. The summed E-state index contributed by atoms with van der Waals surface area (Å²) >= 11 is 5.97. The Hall–Kier alpha value is -2.33. The van der Waals surface area contributed by atoms with E-state index in [1.165, 1.54) is 24.3 Å². The van der Waals surface area contributed by atoms with Crippen LogP contribution in [0, 0.1) is 5.82 Å². The van der Waals surface area contributed by atoms with Gasteiger partial charge in [-0.1, -0.05) is 11.6 Å². The van der Waals surface area contributed by atoms with Crippen molar-refractivity contribution < 1.29 is 9.18 Å². The fraction of sp³-hybridized carbons (Fsp3) is 0.118. The van der Waals surface area contributed by atoms with Gasteiger partial charge < -0.3 is 9.88 Å². The predicted molar refractivity (Wildman–Crippen MR) is 86.7 cm³/mol. The van der Waals surface area contributed by atoms with Crippen molar-refractivity contribution in [2.45, 2.75) is 13.0 Å². The molecule has 5 heteroatoms. The summed E-state index contributed by atoms with van der Waals surface area (Å²) in [4.78, 5) is 12.4. The van der Waals surface area contributed by atoms with Gasteiger partial charge in [-0.05, 0) is 55.5 Å². The van der Waals surface area contributed by atoms with Gasteiger partial charge in [-0.3, -0.25) is 4.79 Å². The van der Waals surface area contributed by atoms with E-state index in [1.54, 1.807) is 6.07 Å². The summed E-state index contributed by atoms with van der Waals surface area (Å²) in [5.41, 5.74) is 1.50. The Labute approximate surface area is 132 Å². The van der Waals surface area contributed by atoms with Gasteiger partial charge in [0.1, 0.15) is 11.9 Å². The first-order valence-corrected chi connectivity index (χ1v) is 7.25. The van der Waals surface area contributed by atoms with Crippen LogP contribution in [0.4, 0.5) is 10.1 Å². The fourth-order valence-electron chi connectivity index (χ4n) is 2.38. The number of rotatable bonds is 3. The molecule has 3 rings (SSSR count). The van der Waals surface area contributed by atoms with Crippen LogP contribution in [0.15, 0.2) is 54.7 Å². The maximum absolute atomic E-state index is 12.9. The van der Waals surface area contributed by atoms with E-state index in [0.29, 0.717) is 10.7 Å². The van der Waals surface area contributed by atoms with E-state index in [9.17, 15) is 9.18 Å². The SMILES string of the molecule is CC(C(=O)Nc1ccc(F)cc1)n1ccc2cc(Cl)ccc21. The molecule has 1 amide bonds. The van der Waals surface area contributed by atoms with Gasteiger partial charge in [-0.2, -0.15) is 0 Å². The molecule has 0 spiro atoms. The molecule has 1 aromatic heterocycles. The summed E-state index contributed by atoms with van der Waals surface area (Å²) in [6.07, 6.45) is 1.86. The summed E-state index contributed by atoms with van der Waals surface area (Å²) in [5, 5.41) is 4.42. The third kappa shape index (κ3) is 2.83. The minimum Gasteiger partial charge on any atom is -0.335 e. The van der Waals surface area contributed by atoms with E-state index in [2.05, 4.69) is 5.32 Å². The second-order valence-corrected chi connectivity index (χ2v) is 5.53. The Bertz CT molecular complexity index is 826. The molecule has 3 aromatic rings. The molecule has 1 unspecified atom stereocenters. The van der Waals surface area contributed by atoms with Crippen molar-refractivity contribution >= 4 is 34.1 Å². The zero-order valence-corrected chi connectivity index (χ0v) is 12.6. The first-order chi connectivity index (χ1) is 10.5. The van der Waals surface area contributed by atoms with Gasteiger partial charge >= 0.3 is 0 Å². The Morgan fingerprint density at radius 2 is 1.91 bits per heavy atom. The highest BCUT2D eigenvalue weighted by Crippen LogP contribution is 2.24. The molecule has 112 valence electrons. The largest absolute Gasteiger partial charge is 0.335 e. The molecule has 0 fully saturated rings. The summed E-state index contributed by atoms with van der Waals surface area (Å²) in [6.45, 7) is 1.81. The number of hydrogen-bond acceptors (Lipinski definition) is 1. The number of aromatic nitrogens is 1. The summed E-state index contributed by atoms with van der Waals surface area (Å²) in [7, 11) is 0. The molecule has 0 aliphatic heterocycles. The van der Waals surface area contributed by atoms with Crippen molar-refractivity contribution in [1.82, 2.24) is 4.57 Å². The van der Waals surface area contributed by atoms with E-state index in [0.717, 1.165) is 10.9 Å². The maximum Gasteiger partial charge on any atom is 0.247 e. The van der Waals surface area contributed by atoms with Gasteiger partial charge in [0, 0.05) is 27.8 Å². The van der Waals surface area contributed by atoms with Crippen molar-refractivity contribution in [3.63, 3.8) is 0 Å².